The molecule has 0 radical (unpaired) electrons. The van der Waals surface area contributed by atoms with Crippen LogP contribution in [0.4, 0.5) is 5.00 Å². The number of rotatable bonds is 3. The highest BCUT2D eigenvalue weighted by Crippen LogP contribution is 2.23. The molecule has 0 fully saturated rings. The average Bonchev–Trinajstić information content (AvgIpc) is 2.48. The molecule has 0 amide bonds. The molecule has 0 saturated heterocycles. The Morgan fingerprint density at radius 3 is 3.00 bits per heavy atom. The first-order chi connectivity index (χ1) is 5.74. The zero-order valence-electron chi connectivity index (χ0n) is 6.07. The Kier molecular flexibility index (Phi) is 3.25. The zero-order chi connectivity index (χ0) is 8.97. The van der Waals surface area contributed by atoms with E-state index < -0.39 is 4.92 Å². The minimum Gasteiger partial charge on any atom is -0.258 e. The third-order valence-corrected chi connectivity index (χ3v) is 2.26. The fraction of sp³-hybridized carbons (Fsp3) is 0.143. The van der Waals surface area contributed by atoms with E-state index in [0.717, 1.165) is 16.9 Å². The van der Waals surface area contributed by atoms with E-state index >= 15 is 0 Å². The molecule has 0 aliphatic heterocycles. The fourth-order valence-electron chi connectivity index (χ4n) is 0.703. The van der Waals surface area contributed by atoms with E-state index in [2.05, 4.69) is 0 Å². The summed E-state index contributed by atoms with van der Waals surface area (Å²) in [6.45, 7) is 0. The number of allylic oxidation sites excluding steroid dienone is 1. The predicted octanol–water partition coefficient (Wildman–Crippen LogP) is 2.91. The Hall–Kier alpha value is -0.870. The summed E-state index contributed by atoms with van der Waals surface area (Å²) in [5.74, 6) is 0.420. The van der Waals surface area contributed by atoms with Gasteiger partial charge in [-0.2, -0.15) is 0 Å². The summed E-state index contributed by atoms with van der Waals surface area (Å²) in [6.07, 6.45) is 3.50. The van der Waals surface area contributed by atoms with Crippen LogP contribution in [0, 0.1) is 10.1 Å². The van der Waals surface area contributed by atoms with E-state index in [-0.39, 0.29) is 5.00 Å². The van der Waals surface area contributed by atoms with Gasteiger partial charge in [0.25, 0.3) is 0 Å². The maximum absolute atomic E-state index is 10.3. The molecule has 1 aromatic rings. The van der Waals surface area contributed by atoms with E-state index in [9.17, 15) is 10.1 Å². The predicted molar refractivity (Wildman–Crippen MR) is 50.7 cm³/mol. The van der Waals surface area contributed by atoms with Gasteiger partial charge in [-0.15, -0.1) is 11.6 Å². The lowest BCUT2D eigenvalue weighted by Gasteiger charge is -1.80. The number of hydrogen-bond donors (Lipinski definition) is 0. The van der Waals surface area contributed by atoms with Crippen LogP contribution >= 0.6 is 22.9 Å². The highest BCUT2D eigenvalue weighted by molar-refractivity contribution is 7.13. The van der Waals surface area contributed by atoms with Gasteiger partial charge in [-0.05, 0) is 5.56 Å². The topological polar surface area (TPSA) is 43.1 Å². The van der Waals surface area contributed by atoms with Gasteiger partial charge < -0.3 is 0 Å². The molecule has 0 spiro atoms. The molecule has 0 unspecified atom stereocenters. The van der Waals surface area contributed by atoms with Crippen LogP contribution in [0.25, 0.3) is 6.08 Å². The standard InChI is InChI=1S/C7H6ClNO2S/c8-3-1-2-6-4-7(9(10)11)12-5-6/h1-2,4-5H,3H2/b2-1+. The first-order valence-electron chi connectivity index (χ1n) is 3.19. The Balaban J connectivity index is 2.77. The second-order valence-electron chi connectivity index (χ2n) is 2.03. The molecule has 1 aromatic heterocycles. The lowest BCUT2D eigenvalue weighted by Crippen LogP contribution is -1.80. The number of nitro groups is 1. The summed E-state index contributed by atoms with van der Waals surface area (Å²) in [7, 11) is 0. The lowest BCUT2D eigenvalue weighted by molar-refractivity contribution is -0.380. The van der Waals surface area contributed by atoms with Gasteiger partial charge in [0.05, 0.1) is 4.92 Å². The van der Waals surface area contributed by atoms with Crippen LogP contribution in [-0.4, -0.2) is 10.8 Å². The summed E-state index contributed by atoms with van der Waals surface area (Å²) in [5, 5.41) is 12.1. The number of halogens is 1. The van der Waals surface area contributed by atoms with E-state index in [0.29, 0.717) is 5.88 Å². The van der Waals surface area contributed by atoms with Gasteiger partial charge in [-0.3, -0.25) is 10.1 Å². The lowest BCUT2D eigenvalue weighted by atomic mass is 10.3. The highest BCUT2D eigenvalue weighted by Gasteiger charge is 2.06. The minimum atomic E-state index is -0.400. The molecule has 5 heteroatoms. The maximum atomic E-state index is 10.3. The van der Waals surface area contributed by atoms with Crippen molar-refractivity contribution in [1.82, 2.24) is 0 Å². The zero-order valence-corrected chi connectivity index (χ0v) is 7.64. The van der Waals surface area contributed by atoms with Gasteiger partial charge in [0.2, 0.25) is 0 Å². The van der Waals surface area contributed by atoms with Crippen molar-refractivity contribution in [2.45, 2.75) is 0 Å². The largest absolute Gasteiger partial charge is 0.324 e. The summed E-state index contributed by atoms with van der Waals surface area (Å²) in [6, 6.07) is 1.52. The van der Waals surface area contributed by atoms with Crippen molar-refractivity contribution < 1.29 is 4.92 Å². The van der Waals surface area contributed by atoms with Crippen LogP contribution in [0.15, 0.2) is 17.5 Å². The number of alkyl halides is 1. The van der Waals surface area contributed by atoms with Crippen molar-refractivity contribution in [3.05, 3.63) is 33.2 Å². The Bertz CT molecular complexity index is 308. The van der Waals surface area contributed by atoms with Gasteiger partial charge in [0, 0.05) is 17.3 Å². The first-order valence-corrected chi connectivity index (χ1v) is 4.61. The monoisotopic (exact) mass is 203 g/mol. The SMILES string of the molecule is O=[N+]([O-])c1cc(/C=C/CCl)cs1. The van der Waals surface area contributed by atoms with Crippen LogP contribution < -0.4 is 0 Å². The van der Waals surface area contributed by atoms with Gasteiger partial charge in [-0.1, -0.05) is 23.5 Å². The molecular weight excluding hydrogens is 198 g/mol. The van der Waals surface area contributed by atoms with Crippen LogP contribution in [0.2, 0.25) is 0 Å². The van der Waals surface area contributed by atoms with Crippen molar-refractivity contribution >= 4 is 34.0 Å². The maximum Gasteiger partial charge on any atom is 0.324 e. The van der Waals surface area contributed by atoms with Crippen LogP contribution in [-0.2, 0) is 0 Å². The Labute approximate surface area is 78.4 Å². The Morgan fingerprint density at radius 2 is 2.50 bits per heavy atom. The molecule has 1 heterocycles. The van der Waals surface area contributed by atoms with Crippen LogP contribution in [0.3, 0.4) is 0 Å². The summed E-state index contributed by atoms with van der Waals surface area (Å²) < 4.78 is 0. The first kappa shape index (κ1) is 9.22. The second kappa shape index (κ2) is 4.23. The molecule has 0 aliphatic rings. The van der Waals surface area contributed by atoms with Crippen molar-refractivity contribution in [1.29, 1.82) is 0 Å². The quantitative estimate of drug-likeness (QED) is 0.431. The second-order valence-corrected chi connectivity index (χ2v) is 3.23. The van der Waals surface area contributed by atoms with Gasteiger partial charge in [0.1, 0.15) is 0 Å². The van der Waals surface area contributed by atoms with Crippen LogP contribution in [0.5, 0.6) is 0 Å². The van der Waals surface area contributed by atoms with Crippen LogP contribution in [0.1, 0.15) is 5.56 Å². The molecule has 3 nitrogen and oxygen atoms in total. The van der Waals surface area contributed by atoms with Crippen molar-refractivity contribution in [2.75, 3.05) is 5.88 Å². The molecule has 0 atom stereocenters. The molecule has 0 N–H and O–H groups in total. The van der Waals surface area contributed by atoms with Crippen molar-refractivity contribution in [2.24, 2.45) is 0 Å². The number of thiophene rings is 1. The van der Waals surface area contributed by atoms with E-state index in [1.54, 1.807) is 17.5 Å². The van der Waals surface area contributed by atoms with E-state index in [1.807, 2.05) is 0 Å². The minimum absolute atomic E-state index is 0.157. The molecule has 0 bridgehead atoms. The summed E-state index contributed by atoms with van der Waals surface area (Å²) in [4.78, 5) is 9.85. The summed E-state index contributed by atoms with van der Waals surface area (Å²) in [5.41, 5.74) is 0.826. The highest BCUT2D eigenvalue weighted by atomic mass is 35.5. The smallest absolute Gasteiger partial charge is 0.258 e. The number of hydrogen-bond acceptors (Lipinski definition) is 3. The van der Waals surface area contributed by atoms with E-state index in [1.165, 1.54) is 6.07 Å². The molecule has 1 rings (SSSR count). The average molecular weight is 204 g/mol. The molecule has 0 saturated carbocycles. The fourth-order valence-corrected chi connectivity index (χ4v) is 1.49. The molecule has 0 aromatic carbocycles. The van der Waals surface area contributed by atoms with Gasteiger partial charge >= 0.3 is 5.00 Å². The van der Waals surface area contributed by atoms with Crippen molar-refractivity contribution in [3.8, 4) is 0 Å². The molecule has 12 heavy (non-hydrogen) atoms. The summed E-state index contributed by atoms with van der Waals surface area (Å²) >= 11 is 6.52. The van der Waals surface area contributed by atoms with E-state index in [4.69, 9.17) is 11.6 Å². The normalized spacial score (nSPS) is 10.8. The van der Waals surface area contributed by atoms with Gasteiger partial charge in [0.15, 0.2) is 0 Å². The molecular formula is C7H6ClNO2S. The third-order valence-electron chi connectivity index (χ3n) is 1.19. The van der Waals surface area contributed by atoms with Crippen molar-refractivity contribution in [3.63, 3.8) is 0 Å². The third kappa shape index (κ3) is 2.32. The number of nitrogens with zero attached hydrogens (tertiary/aromatic N) is 1. The molecule has 0 aliphatic carbocycles. The Morgan fingerprint density at radius 1 is 1.75 bits per heavy atom. The molecule has 64 valence electrons. The van der Waals surface area contributed by atoms with Gasteiger partial charge in [-0.25, -0.2) is 0 Å².